The van der Waals surface area contributed by atoms with E-state index in [9.17, 15) is 19.2 Å². The highest BCUT2D eigenvalue weighted by molar-refractivity contribution is 7.13. The summed E-state index contributed by atoms with van der Waals surface area (Å²) in [4.78, 5) is 61.2. The van der Waals surface area contributed by atoms with E-state index in [0.717, 1.165) is 36.1 Å². The number of rotatable bonds is 5. The molecule has 0 saturated heterocycles. The van der Waals surface area contributed by atoms with Crippen LogP contribution < -0.4 is 16.1 Å². The quantitative estimate of drug-likeness (QED) is 0.482. The smallest absolute Gasteiger partial charge is 0.287 e. The molecule has 39 heavy (non-hydrogen) atoms. The average molecular weight is 572 g/mol. The molecule has 1 aliphatic heterocycles. The minimum atomic E-state index is -0.571. The molecule has 206 valence electrons. The summed E-state index contributed by atoms with van der Waals surface area (Å²) in [6.07, 6.45) is 2.17. The van der Waals surface area contributed by atoms with Crippen LogP contribution >= 0.6 is 22.9 Å². The molecule has 12 heteroatoms. The number of hydrogen-bond donors (Lipinski definition) is 2. The van der Waals surface area contributed by atoms with Crippen LogP contribution in [0.3, 0.4) is 0 Å². The van der Waals surface area contributed by atoms with Crippen molar-refractivity contribution >= 4 is 51.6 Å². The van der Waals surface area contributed by atoms with Gasteiger partial charge in [-0.3, -0.25) is 19.2 Å². The van der Waals surface area contributed by atoms with Crippen molar-refractivity contribution in [2.24, 2.45) is 5.92 Å². The first-order chi connectivity index (χ1) is 18.6. The Bertz CT molecular complexity index is 1500. The fourth-order valence-corrected chi connectivity index (χ4v) is 6.49. The van der Waals surface area contributed by atoms with Gasteiger partial charge in [-0.2, -0.15) is 0 Å². The molecule has 1 aromatic carbocycles. The Labute approximate surface area is 234 Å². The van der Waals surface area contributed by atoms with Crippen LogP contribution in [0, 0.1) is 5.92 Å². The largest absolute Gasteiger partial charge is 0.451 e. The molecule has 1 saturated carbocycles. The Morgan fingerprint density at radius 1 is 1.13 bits per heavy atom. The number of carbonyl (C=O) groups excluding carboxylic acids is 3. The lowest BCUT2D eigenvalue weighted by Crippen LogP contribution is -2.56. The van der Waals surface area contributed by atoms with E-state index in [-0.39, 0.29) is 39.9 Å². The summed E-state index contributed by atoms with van der Waals surface area (Å²) in [6, 6.07) is 4.77. The van der Waals surface area contributed by atoms with Crippen molar-refractivity contribution in [3.63, 3.8) is 0 Å². The molecule has 2 aromatic heterocycles. The number of halogens is 1. The maximum atomic E-state index is 13.3. The minimum Gasteiger partial charge on any atom is -0.451 e. The first-order valence-corrected chi connectivity index (χ1v) is 14.0. The number of amides is 3. The van der Waals surface area contributed by atoms with Gasteiger partial charge in [-0.1, -0.05) is 11.6 Å². The maximum absolute atomic E-state index is 13.3. The van der Waals surface area contributed by atoms with Crippen LogP contribution in [-0.4, -0.2) is 72.3 Å². The van der Waals surface area contributed by atoms with Crippen molar-refractivity contribution in [1.82, 2.24) is 25.4 Å². The molecular formula is C27H30ClN5O5S. The SMILES string of the molecule is CN1CCc2nc(C(=O)NC3CC(C(=O)N(C)C)CCC3NC(=O)c3cc(=O)c4cc(Cl)ccc4o3)sc2C1. The number of benzene rings is 1. The van der Waals surface area contributed by atoms with Gasteiger partial charge in [-0.25, -0.2) is 4.98 Å². The van der Waals surface area contributed by atoms with Gasteiger partial charge in [0.25, 0.3) is 11.8 Å². The van der Waals surface area contributed by atoms with Crippen molar-refractivity contribution < 1.29 is 18.8 Å². The Morgan fingerprint density at radius 3 is 2.67 bits per heavy atom. The molecule has 5 rings (SSSR count). The zero-order valence-electron chi connectivity index (χ0n) is 22.0. The maximum Gasteiger partial charge on any atom is 0.287 e. The molecule has 3 amide bonds. The van der Waals surface area contributed by atoms with Crippen molar-refractivity contribution in [3.8, 4) is 0 Å². The molecule has 3 unspecified atom stereocenters. The van der Waals surface area contributed by atoms with Crippen LogP contribution in [0.5, 0.6) is 0 Å². The molecule has 3 atom stereocenters. The van der Waals surface area contributed by atoms with Gasteiger partial charge in [0.2, 0.25) is 5.91 Å². The summed E-state index contributed by atoms with van der Waals surface area (Å²) >= 11 is 7.36. The van der Waals surface area contributed by atoms with Crippen molar-refractivity contribution in [2.75, 3.05) is 27.7 Å². The summed E-state index contributed by atoms with van der Waals surface area (Å²) in [5.41, 5.74) is 0.818. The highest BCUT2D eigenvalue weighted by Gasteiger charge is 2.37. The third-order valence-electron chi connectivity index (χ3n) is 7.30. The number of carbonyl (C=O) groups is 3. The minimum absolute atomic E-state index is 0.0223. The number of likely N-dealkylation sites (N-methyl/N-ethyl adjacent to an activating group) is 1. The van der Waals surface area contributed by atoms with Gasteiger partial charge >= 0.3 is 0 Å². The number of fused-ring (bicyclic) bond motifs is 2. The molecule has 1 fully saturated rings. The molecule has 0 spiro atoms. The van der Waals surface area contributed by atoms with Crippen LogP contribution in [0.2, 0.25) is 5.02 Å². The Kier molecular flexibility index (Phi) is 7.75. The second-order valence-corrected chi connectivity index (χ2v) is 11.9. The second kappa shape index (κ2) is 11.1. The van der Waals surface area contributed by atoms with E-state index in [1.807, 2.05) is 7.05 Å². The van der Waals surface area contributed by atoms with Crippen LogP contribution in [0.1, 0.15) is 50.2 Å². The number of aromatic nitrogens is 1. The van der Waals surface area contributed by atoms with Gasteiger partial charge in [0.15, 0.2) is 16.2 Å². The molecule has 10 nitrogen and oxygen atoms in total. The van der Waals surface area contributed by atoms with Crippen LogP contribution in [0.4, 0.5) is 0 Å². The van der Waals surface area contributed by atoms with E-state index in [1.54, 1.807) is 31.1 Å². The normalized spacial score (nSPS) is 21.3. The predicted molar refractivity (Wildman–Crippen MR) is 148 cm³/mol. The Balaban J connectivity index is 1.36. The fourth-order valence-electron chi connectivity index (χ4n) is 5.22. The van der Waals surface area contributed by atoms with Crippen molar-refractivity contribution in [1.29, 1.82) is 0 Å². The lowest BCUT2D eigenvalue weighted by Gasteiger charge is -2.37. The number of hydrogen-bond acceptors (Lipinski definition) is 8. The van der Waals surface area contributed by atoms with Gasteiger partial charge in [0.1, 0.15) is 5.58 Å². The summed E-state index contributed by atoms with van der Waals surface area (Å²) in [5.74, 6) is -1.35. The van der Waals surface area contributed by atoms with Crippen molar-refractivity contribution in [2.45, 2.75) is 44.3 Å². The summed E-state index contributed by atoms with van der Waals surface area (Å²) in [6.45, 7) is 1.64. The lowest BCUT2D eigenvalue weighted by molar-refractivity contribution is -0.134. The van der Waals surface area contributed by atoms with E-state index in [1.165, 1.54) is 17.4 Å². The molecular weight excluding hydrogens is 542 g/mol. The van der Waals surface area contributed by atoms with Gasteiger partial charge in [-0.05, 0) is 44.5 Å². The summed E-state index contributed by atoms with van der Waals surface area (Å²) < 4.78 is 5.70. The van der Waals surface area contributed by atoms with E-state index >= 15 is 0 Å². The van der Waals surface area contributed by atoms with Crippen LogP contribution in [0.25, 0.3) is 11.0 Å². The second-order valence-electron chi connectivity index (χ2n) is 10.4. The average Bonchev–Trinajstić information content (AvgIpc) is 3.33. The van der Waals surface area contributed by atoms with Crippen molar-refractivity contribution in [3.05, 3.63) is 60.9 Å². The standard InChI is InChI=1S/C27H30ClN5O5S/c1-32(2)27(37)14-4-6-17(29-24(35)22-12-20(34)16-11-15(28)5-7-21(16)38-22)19(10-14)30-25(36)26-31-18-8-9-33(3)13-23(18)39-26/h5,7,11-12,14,17,19H,4,6,8-10,13H2,1-3H3,(H,29,35)(H,30,36). The van der Waals surface area contributed by atoms with Gasteiger partial charge in [-0.15, -0.1) is 11.3 Å². The van der Waals surface area contributed by atoms with Crippen LogP contribution in [-0.2, 0) is 17.8 Å². The summed E-state index contributed by atoms with van der Waals surface area (Å²) in [5, 5.41) is 7.01. The number of thiazole rings is 1. The topological polar surface area (TPSA) is 125 Å². The lowest BCUT2D eigenvalue weighted by atomic mass is 9.81. The van der Waals surface area contributed by atoms with E-state index in [0.29, 0.717) is 29.3 Å². The first-order valence-electron chi connectivity index (χ1n) is 12.8. The highest BCUT2D eigenvalue weighted by atomic mass is 35.5. The molecule has 3 heterocycles. The molecule has 2 N–H and O–H groups in total. The monoisotopic (exact) mass is 571 g/mol. The fraction of sp³-hybridized carbons (Fsp3) is 0.444. The Morgan fingerprint density at radius 2 is 1.90 bits per heavy atom. The van der Waals surface area contributed by atoms with E-state index in [4.69, 9.17) is 16.0 Å². The van der Waals surface area contributed by atoms with Gasteiger partial charge < -0.3 is 24.9 Å². The molecule has 2 aliphatic rings. The first kappa shape index (κ1) is 27.3. The van der Waals surface area contributed by atoms with Gasteiger partial charge in [0.05, 0.1) is 17.1 Å². The molecule has 0 radical (unpaired) electrons. The summed E-state index contributed by atoms with van der Waals surface area (Å²) in [7, 11) is 5.44. The molecule has 0 bridgehead atoms. The highest BCUT2D eigenvalue weighted by Crippen LogP contribution is 2.29. The number of nitrogens with zero attached hydrogens (tertiary/aromatic N) is 3. The van der Waals surface area contributed by atoms with E-state index in [2.05, 4.69) is 20.5 Å². The predicted octanol–water partition coefficient (Wildman–Crippen LogP) is 2.68. The van der Waals surface area contributed by atoms with E-state index < -0.39 is 18.0 Å². The van der Waals surface area contributed by atoms with Gasteiger partial charge in [0, 0.05) is 61.5 Å². The van der Waals surface area contributed by atoms with Crippen LogP contribution in [0.15, 0.2) is 33.5 Å². The zero-order chi connectivity index (χ0) is 27.8. The Hall–Kier alpha value is -3.28. The zero-order valence-corrected chi connectivity index (χ0v) is 23.5. The molecule has 3 aromatic rings. The number of nitrogens with one attached hydrogen (secondary N) is 2. The molecule has 1 aliphatic carbocycles. The third kappa shape index (κ3) is 5.85. The third-order valence-corrected chi connectivity index (χ3v) is 8.62.